The first kappa shape index (κ1) is 32.4. The fraction of sp³-hybridized carbons (Fsp3) is 0.282. The number of rotatable bonds is 5. The van der Waals surface area contributed by atoms with Gasteiger partial charge in [0.05, 0.1) is 8.07 Å². The van der Waals surface area contributed by atoms with Crippen molar-refractivity contribution < 1.29 is 20.1 Å². The summed E-state index contributed by atoms with van der Waals surface area (Å²) in [5, 5.41) is 4.26. The third-order valence-electron chi connectivity index (χ3n) is 8.60. The summed E-state index contributed by atoms with van der Waals surface area (Å²) in [6, 6.07) is 34.7. The van der Waals surface area contributed by atoms with E-state index >= 15 is 0 Å². The van der Waals surface area contributed by atoms with E-state index < -0.39 is 8.07 Å². The Kier molecular flexibility index (Phi) is 10.3. The fourth-order valence-electron chi connectivity index (χ4n) is 5.95. The molecule has 3 heterocycles. The van der Waals surface area contributed by atoms with Crippen molar-refractivity contribution in [1.82, 2.24) is 9.97 Å². The summed E-state index contributed by atoms with van der Waals surface area (Å²) >= 11 is 1.88. The summed E-state index contributed by atoms with van der Waals surface area (Å²) in [7, 11) is -1.33. The third kappa shape index (κ3) is 7.13. The Labute approximate surface area is 281 Å². The van der Waals surface area contributed by atoms with Crippen molar-refractivity contribution in [2.24, 2.45) is 0 Å². The molecule has 0 unspecified atom stereocenters. The van der Waals surface area contributed by atoms with Crippen molar-refractivity contribution in [2.75, 3.05) is 0 Å². The van der Waals surface area contributed by atoms with Gasteiger partial charge in [0.15, 0.2) is 0 Å². The average Bonchev–Trinajstić information content (AvgIpc) is 3.70. The molecule has 6 aromatic rings. The van der Waals surface area contributed by atoms with Crippen LogP contribution >= 0.6 is 11.3 Å². The van der Waals surface area contributed by atoms with E-state index in [1.165, 1.54) is 62.2 Å². The minimum atomic E-state index is -1.33. The molecule has 0 atom stereocenters. The number of thiophene rings is 1. The van der Waals surface area contributed by atoms with Crippen molar-refractivity contribution in [3.63, 3.8) is 0 Å². The minimum Gasteiger partial charge on any atom is -0.305 e. The van der Waals surface area contributed by atoms with Crippen molar-refractivity contribution in [3.05, 3.63) is 115 Å². The van der Waals surface area contributed by atoms with Crippen molar-refractivity contribution in [3.8, 4) is 22.5 Å². The summed E-state index contributed by atoms with van der Waals surface area (Å²) in [4.78, 5) is 9.18. The van der Waals surface area contributed by atoms with Gasteiger partial charge in [-0.2, -0.15) is 11.3 Å². The number of nitrogens with zero attached hydrogens (tertiary/aromatic N) is 2. The van der Waals surface area contributed by atoms with Gasteiger partial charge in [0.25, 0.3) is 0 Å². The predicted octanol–water partition coefficient (Wildman–Crippen LogP) is 10.8. The van der Waals surface area contributed by atoms with Gasteiger partial charge in [-0.15, -0.1) is 59.7 Å². The number of pyridine rings is 2. The van der Waals surface area contributed by atoms with Gasteiger partial charge in [0.2, 0.25) is 0 Å². The number of hydrogen-bond acceptors (Lipinski definition) is 3. The first-order valence-electron chi connectivity index (χ1n) is 15.5. The van der Waals surface area contributed by atoms with E-state index in [0.717, 1.165) is 22.5 Å². The molecule has 1 fully saturated rings. The van der Waals surface area contributed by atoms with Gasteiger partial charge in [-0.25, -0.2) is 0 Å². The van der Waals surface area contributed by atoms with E-state index in [-0.39, 0.29) is 20.1 Å². The standard InChI is InChI=1S/C25H26NSSi.C14H14N.Ir/c1-28(2,3)19-11-12-24-22(16-19)20-9-6-10-21(25(20)27-24)23-15-18(13-14-26-23)17-7-4-5-8-17;1-11(2)13-8-9-14(15-10-13)12-6-4-3-5-7-12;/h6,9,11-17H,4-5,7-8H2,1-3H3;3-6,8-11H,1-2H3;/q2*-1;. The molecular weight excluding hydrogens is 749 g/mol. The first-order valence-corrected chi connectivity index (χ1v) is 19.9. The van der Waals surface area contributed by atoms with Crippen molar-refractivity contribution in [2.45, 2.75) is 71.0 Å². The second kappa shape index (κ2) is 14.0. The zero-order valence-corrected chi connectivity index (χ0v) is 30.5. The maximum atomic E-state index is 4.74. The van der Waals surface area contributed by atoms with Gasteiger partial charge in [0, 0.05) is 37.2 Å². The largest absolute Gasteiger partial charge is 0.305 e. The van der Waals surface area contributed by atoms with Gasteiger partial charge in [0.1, 0.15) is 0 Å². The molecule has 3 aromatic heterocycles. The topological polar surface area (TPSA) is 25.8 Å². The van der Waals surface area contributed by atoms with Crippen molar-refractivity contribution >= 4 is 44.8 Å². The average molecular weight is 789 g/mol. The molecule has 1 radical (unpaired) electrons. The first-order chi connectivity index (χ1) is 20.8. The Balaban J connectivity index is 0.000000204. The Morgan fingerprint density at radius 3 is 2.32 bits per heavy atom. The molecule has 7 rings (SSSR count). The molecule has 5 heteroatoms. The van der Waals surface area contributed by atoms with Crippen LogP contribution in [-0.2, 0) is 20.1 Å². The molecule has 0 amide bonds. The second-order valence-electron chi connectivity index (χ2n) is 13.0. The van der Waals surface area contributed by atoms with Crippen LogP contribution in [0.25, 0.3) is 42.7 Å². The Bertz CT molecular complexity index is 1830. The molecule has 1 aliphatic rings. The van der Waals surface area contributed by atoms with Crippen LogP contribution in [0.15, 0.2) is 91.3 Å². The van der Waals surface area contributed by atoms with Crippen LogP contribution in [-0.4, -0.2) is 18.0 Å². The smallest absolute Gasteiger partial charge is 0.0776 e. The maximum absolute atomic E-state index is 4.74. The molecule has 0 aliphatic heterocycles. The van der Waals surface area contributed by atoms with Crippen LogP contribution < -0.4 is 5.19 Å². The molecular formula is C39H40IrN2SSi-2. The molecule has 0 spiro atoms. The van der Waals surface area contributed by atoms with Crippen LogP contribution in [0.5, 0.6) is 0 Å². The SMILES string of the molecule is CC(C)c1ccc(-c2[c-]cccc2)nc1.C[Si](C)(C)c1ccc2sc3c(-c4cc(C5CCCC5)ccn4)[c-]ccc3c2c1.[Ir]. The summed E-state index contributed by atoms with van der Waals surface area (Å²) in [5.74, 6) is 1.24. The van der Waals surface area contributed by atoms with Gasteiger partial charge >= 0.3 is 0 Å². The predicted molar refractivity (Wildman–Crippen MR) is 188 cm³/mol. The van der Waals surface area contributed by atoms with Crippen LogP contribution in [0.1, 0.15) is 62.5 Å². The molecule has 1 aliphatic carbocycles. The molecule has 0 bridgehead atoms. The van der Waals surface area contributed by atoms with E-state index in [9.17, 15) is 0 Å². The van der Waals surface area contributed by atoms with Crippen LogP contribution in [0.4, 0.5) is 0 Å². The molecule has 3 aromatic carbocycles. The van der Waals surface area contributed by atoms with Gasteiger partial charge in [-0.1, -0.05) is 92.8 Å². The second-order valence-corrected chi connectivity index (χ2v) is 19.2. The zero-order chi connectivity index (χ0) is 30.0. The molecule has 44 heavy (non-hydrogen) atoms. The monoisotopic (exact) mass is 789 g/mol. The Hall–Kier alpha value is -2.95. The Morgan fingerprint density at radius 2 is 1.64 bits per heavy atom. The normalized spacial score (nSPS) is 13.6. The molecule has 2 nitrogen and oxygen atoms in total. The summed E-state index contributed by atoms with van der Waals surface area (Å²) in [5.41, 5.74) is 7.00. The van der Waals surface area contributed by atoms with E-state index in [1.807, 2.05) is 48.0 Å². The molecule has 0 saturated heterocycles. The van der Waals surface area contributed by atoms with E-state index in [0.29, 0.717) is 11.8 Å². The zero-order valence-electron chi connectivity index (χ0n) is 26.3. The summed E-state index contributed by atoms with van der Waals surface area (Å²) in [6.07, 6.45) is 9.30. The van der Waals surface area contributed by atoms with Crippen LogP contribution in [0, 0.1) is 12.1 Å². The Morgan fingerprint density at radius 1 is 0.818 bits per heavy atom. The minimum absolute atomic E-state index is 0. The third-order valence-corrected chi connectivity index (χ3v) is 11.8. The quantitative estimate of drug-likeness (QED) is 0.128. The van der Waals surface area contributed by atoms with Crippen molar-refractivity contribution in [1.29, 1.82) is 0 Å². The van der Waals surface area contributed by atoms with E-state index in [4.69, 9.17) is 4.98 Å². The number of benzene rings is 3. The molecule has 0 N–H and O–H groups in total. The van der Waals surface area contributed by atoms with Gasteiger partial charge < -0.3 is 9.97 Å². The number of aromatic nitrogens is 2. The summed E-state index contributed by atoms with van der Waals surface area (Å²) in [6.45, 7) is 11.6. The van der Waals surface area contributed by atoms with E-state index in [2.05, 4.69) is 105 Å². The maximum Gasteiger partial charge on any atom is 0.0776 e. The van der Waals surface area contributed by atoms with Crippen LogP contribution in [0.2, 0.25) is 19.6 Å². The molecule has 1 saturated carbocycles. The van der Waals surface area contributed by atoms with Gasteiger partial charge in [-0.3, -0.25) is 0 Å². The van der Waals surface area contributed by atoms with E-state index in [1.54, 1.807) is 0 Å². The van der Waals surface area contributed by atoms with Crippen LogP contribution in [0.3, 0.4) is 0 Å². The summed E-state index contributed by atoms with van der Waals surface area (Å²) < 4.78 is 2.69. The van der Waals surface area contributed by atoms with Gasteiger partial charge in [-0.05, 0) is 63.8 Å². The molecule has 227 valence electrons. The number of hydrogen-bond donors (Lipinski definition) is 0. The fourth-order valence-corrected chi connectivity index (χ4v) is 8.30. The number of fused-ring (bicyclic) bond motifs is 3.